The van der Waals surface area contributed by atoms with Gasteiger partial charge in [-0.3, -0.25) is 24.1 Å². The topological polar surface area (TPSA) is 142 Å². The van der Waals surface area contributed by atoms with Crippen LogP contribution in [-0.4, -0.2) is 65.4 Å². The number of hydrogen-bond acceptors (Lipinski definition) is 8. The SMILES string of the molecule is COc1cc(/C=C2\SC(=O)N(CC(=O)NCCCC(=O)O)C2=O)cc(OC)c1O. The standard InChI is InChI=1S/C18H20N2O8S/c1-27-11-6-10(7-12(28-2)16(11)24)8-13-17(25)20(18(26)29-13)9-14(21)19-5-3-4-15(22)23/h6-8,24H,3-5,9H2,1-2H3,(H,19,21)(H,22,23)/b13-8-. The lowest BCUT2D eigenvalue weighted by Crippen LogP contribution is -2.39. The Morgan fingerprint density at radius 1 is 1.21 bits per heavy atom. The number of nitrogens with one attached hydrogen (secondary N) is 1. The van der Waals surface area contributed by atoms with Gasteiger partial charge < -0.3 is 25.0 Å². The number of benzene rings is 1. The molecule has 0 aliphatic carbocycles. The van der Waals surface area contributed by atoms with Crippen molar-refractivity contribution in [2.45, 2.75) is 12.8 Å². The first-order valence-electron chi connectivity index (χ1n) is 8.45. The van der Waals surface area contributed by atoms with Gasteiger partial charge in [0.1, 0.15) is 6.54 Å². The van der Waals surface area contributed by atoms with Crippen LogP contribution < -0.4 is 14.8 Å². The van der Waals surface area contributed by atoms with Gasteiger partial charge in [-0.25, -0.2) is 0 Å². The van der Waals surface area contributed by atoms with E-state index in [-0.39, 0.29) is 41.5 Å². The Morgan fingerprint density at radius 2 is 1.83 bits per heavy atom. The van der Waals surface area contributed by atoms with E-state index in [0.717, 1.165) is 4.90 Å². The molecule has 1 saturated heterocycles. The van der Waals surface area contributed by atoms with Gasteiger partial charge in [-0.15, -0.1) is 0 Å². The first kappa shape index (κ1) is 22.1. The molecule has 2 rings (SSSR count). The Labute approximate surface area is 170 Å². The van der Waals surface area contributed by atoms with Crippen LogP contribution in [0, 0.1) is 0 Å². The van der Waals surface area contributed by atoms with E-state index in [1.165, 1.54) is 32.4 Å². The number of carboxylic acids is 1. The number of thioether (sulfide) groups is 1. The van der Waals surface area contributed by atoms with Crippen LogP contribution >= 0.6 is 11.8 Å². The fraction of sp³-hybridized carbons (Fsp3) is 0.333. The number of amides is 3. The predicted octanol–water partition coefficient (Wildman–Crippen LogP) is 1.43. The number of nitrogens with zero attached hydrogens (tertiary/aromatic N) is 1. The quantitative estimate of drug-likeness (QED) is 0.396. The number of methoxy groups -OCH3 is 2. The van der Waals surface area contributed by atoms with Gasteiger partial charge in [-0.1, -0.05) is 0 Å². The number of aliphatic carboxylic acids is 1. The molecular weight excluding hydrogens is 404 g/mol. The Hall–Kier alpha value is -3.21. The van der Waals surface area contributed by atoms with Gasteiger partial charge in [0.2, 0.25) is 11.7 Å². The molecule has 11 heteroatoms. The molecular formula is C18H20N2O8S. The number of imide groups is 1. The van der Waals surface area contributed by atoms with Crippen molar-refractivity contribution in [3.05, 3.63) is 22.6 Å². The highest BCUT2D eigenvalue weighted by molar-refractivity contribution is 8.18. The summed E-state index contributed by atoms with van der Waals surface area (Å²) in [6, 6.07) is 2.95. The zero-order valence-electron chi connectivity index (χ0n) is 15.8. The summed E-state index contributed by atoms with van der Waals surface area (Å²) in [5, 5.41) is 20.4. The average Bonchev–Trinajstić information content (AvgIpc) is 2.93. The zero-order valence-corrected chi connectivity index (χ0v) is 16.6. The molecule has 1 aliphatic heterocycles. The molecule has 0 aromatic heterocycles. The Bertz CT molecular complexity index is 842. The molecule has 1 heterocycles. The number of aromatic hydroxyl groups is 1. The van der Waals surface area contributed by atoms with Crippen molar-refractivity contribution in [1.29, 1.82) is 0 Å². The Balaban J connectivity index is 2.08. The van der Waals surface area contributed by atoms with Gasteiger partial charge in [0.25, 0.3) is 11.1 Å². The van der Waals surface area contributed by atoms with Crippen molar-refractivity contribution in [2.75, 3.05) is 27.3 Å². The third-order valence-electron chi connectivity index (χ3n) is 3.86. The van der Waals surface area contributed by atoms with E-state index in [0.29, 0.717) is 17.3 Å². The second kappa shape index (κ2) is 9.82. The summed E-state index contributed by atoms with van der Waals surface area (Å²) >= 11 is 0.679. The summed E-state index contributed by atoms with van der Waals surface area (Å²) in [5.74, 6) is -2.10. The summed E-state index contributed by atoms with van der Waals surface area (Å²) in [4.78, 5) is 47.9. The number of carbonyl (C=O) groups is 4. The summed E-state index contributed by atoms with van der Waals surface area (Å²) in [5.41, 5.74) is 0.458. The van der Waals surface area contributed by atoms with E-state index in [2.05, 4.69) is 5.32 Å². The third kappa shape index (κ3) is 5.64. The molecule has 1 aromatic carbocycles. The Kier molecular flexibility index (Phi) is 7.48. The molecule has 1 aromatic rings. The molecule has 3 N–H and O–H groups in total. The van der Waals surface area contributed by atoms with Crippen molar-refractivity contribution in [2.24, 2.45) is 0 Å². The lowest BCUT2D eigenvalue weighted by atomic mass is 10.1. The molecule has 1 fully saturated rings. The number of carbonyl (C=O) groups excluding carboxylic acids is 3. The van der Waals surface area contributed by atoms with Crippen LogP contribution in [0.15, 0.2) is 17.0 Å². The van der Waals surface area contributed by atoms with E-state index in [1.54, 1.807) is 0 Å². The zero-order chi connectivity index (χ0) is 21.6. The molecule has 1 aliphatic rings. The molecule has 29 heavy (non-hydrogen) atoms. The second-order valence-corrected chi connectivity index (χ2v) is 6.88. The van der Waals surface area contributed by atoms with Gasteiger partial charge in [0.05, 0.1) is 19.1 Å². The molecule has 156 valence electrons. The molecule has 0 atom stereocenters. The number of rotatable bonds is 9. The largest absolute Gasteiger partial charge is 0.502 e. The number of phenolic OH excluding ortho intramolecular Hbond substituents is 1. The van der Waals surface area contributed by atoms with Crippen LogP contribution in [0.3, 0.4) is 0 Å². The Morgan fingerprint density at radius 3 is 2.38 bits per heavy atom. The maximum absolute atomic E-state index is 12.5. The van der Waals surface area contributed by atoms with Crippen LogP contribution in [0.25, 0.3) is 6.08 Å². The highest BCUT2D eigenvalue weighted by atomic mass is 32.2. The first-order valence-corrected chi connectivity index (χ1v) is 9.27. The van der Waals surface area contributed by atoms with Crippen LogP contribution in [0.1, 0.15) is 18.4 Å². The summed E-state index contributed by atoms with van der Waals surface area (Å²) in [6.07, 6.45) is 1.58. The molecule has 0 radical (unpaired) electrons. The molecule has 3 amide bonds. The van der Waals surface area contributed by atoms with E-state index in [9.17, 15) is 24.3 Å². The number of ether oxygens (including phenoxy) is 2. The van der Waals surface area contributed by atoms with Crippen molar-refractivity contribution in [1.82, 2.24) is 10.2 Å². The van der Waals surface area contributed by atoms with Gasteiger partial charge in [-0.05, 0) is 42.0 Å². The molecule has 0 bridgehead atoms. The highest BCUT2D eigenvalue weighted by Crippen LogP contribution is 2.39. The van der Waals surface area contributed by atoms with Crippen LogP contribution in [0.5, 0.6) is 17.2 Å². The molecule has 0 saturated carbocycles. The monoisotopic (exact) mass is 424 g/mol. The van der Waals surface area contributed by atoms with Gasteiger partial charge in [0.15, 0.2) is 11.5 Å². The van der Waals surface area contributed by atoms with Gasteiger partial charge in [-0.2, -0.15) is 0 Å². The minimum Gasteiger partial charge on any atom is -0.502 e. The third-order valence-corrected chi connectivity index (χ3v) is 4.77. The fourth-order valence-electron chi connectivity index (χ4n) is 2.45. The number of phenols is 1. The molecule has 0 unspecified atom stereocenters. The normalized spacial score (nSPS) is 15.0. The maximum atomic E-state index is 12.5. The van der Waals surface area contributed by atoms with Crippen molar-refractivity contribution in [3.63, 3.8) is 0 Å². The summed E-state index contributed by atoms with van der Waals surface area (Å²) in [7, 11) is 2.72. The van der Waals surface area contributed by atoms with E-state index in [4.69, 9.17) is 14.6 Å². The number of carboxylic acid groups (broad SMARTS) is 1. The van der Waals surface area contributed by atoms with E-state index < -0.39 is 29.6 Å². The van der Waals surface area contributed by atoms with Gasteiger partial charge >= 0.3 is 5.97 Å². The highest BCUT2D eigenvalue weighted by Gasteiger charge is 2.36. The summed E-state index contributed by atoms with van der Waals surface area (Å²) < 4.78 is 10.1. The predicted molar refractivity (Wildman–Crippen MR) is 104 cm³/mol. The maximum Gasteiger partial charge on any atom is 0.303 e. The minimum absolute atomic E-state index is 0.0931. The fourth-order valence-corrected chi connectivity index (χ4v) is 3.29. The average molecular weight is 424 g/mol. The lowest BCUT2D eigenvalue weighted by molar-refractivity contribution is -0.137. The van der Waals surface area contributed by atoms with Crippen LogP contribution in [0.4, 0.5) is 4.79 Å². The number of hydrogen-bond donors (Lipinski definition) is 3. The van der Waals surface area contributed by atoms with Gasteiger partial charge in [0, 0.05) is 13.0 Å². The van der Waals surface area contributed by atoms with E-state index in [1.807, 2.05) is 0 Å². The van der Waals surface area contributed by atoms with Crippen molar-refractivity contribution < 1.29 is 38.9 Å². The lowest BCUT2D eigenvalue weighted by Gasteiger charge is -2.12. The van der Waals surface area contributed by atoms with Crippen LogP contribution in [0.2, 0.25) is 0 Å². The van der Waals surface area contributed by atoms with Crippen molar-refractivity contribution in [3.8, 4) is 17.2 Å². The molecule has 10 nitrogen and oxygen atoms in total. The minimum atomic E-state index is -0.974. The first-order chi connectivity index (χ1) is 13.8. The van der Waals surface area contributed by atoms with E-state index >= 15 is 0 Å². The molecule has 0 spiro atoms. The summed E-state index contributed by atoms with van der Waals surface area (Å²) in [6.45, 7) is -0.332. The van der Waals surface area contributed by atoms with Crippen molar-refractivity contribution >= 4 is 40.9 Å². The second-order valence-electron chi connectivity index (χ2n) is 5.89. The smallest absolute Gasteiger partial charge is 0.303 e. The van der Waals surface area contributed by atoms with Crippen LogP contribution in [-0.2, 0) is 14.4 Å².